The molecule has 0 bridgehead atoms. The number of amides is 1. The Kier molecular flexibility index (Phi) is 7.28. The van der Waals surface area contributed by atoms with E-state index < -0.39 is 10.0 Å². The van der Waals surface area contributed by atoms with E-state index in [0.717, 1.165) is 28.8 Å². The van der Waals surface area contributed by atoms with Crippen molar-refractivity contribution in [1.82, 2.24) is 14.2 Å². The van der Waals surface area contributed by atoms with E-state index in [9.17, 15) is 13.2 Å². The maximum Gasteiger partial charge on any atom is 0.243 e. The quantitative estimate of drug-likeness (QED) is 0.522. The van der Waals surface area contributed by atoms with Crippen LogP contribution in [0.15, 0.2) is 59.6 Å². The van der Waals surface area contributed by atoms with Gasteiger partial charge in [0.05, 0.1) is 16.9 Å². The molecular weight excluding hydrogens is 450 g/mol. The second kappa shape index (κ2) is 10.2. The number of benzene rings is 2. The van der Waals surface area contributed by atoms with Crippen molar-refractivity contribution in [2.75, 3.05) is 13.1 Å². The van der Waals surface area contributed by atoms with Gasteiger partial charge in [0.2, 0.25) is 15.9 Å². The largest absolute Gasteiger partial charge is 0.491 e. The summed E-state index contributed by atoms with van der Waals surface area (Å²) >= 11 is 0. The molecule has 2 heterocycles. The molecule has 1 aliphatic heterocycles. The van der Waals surface area contributed by atoms with Crippen molar-refractivity contribution in [1.29, 1.82) is 0 Å². The molecule has 0 aliphatic carbocycles. The Morgan fingerprint density at radius 1 is 1.15 bits per heavy atom. The minimum absolute atomic E-state index is 0.107. The summed E-state index contributed by atoms with van der Waals surface area (Å²) in [6.45, 7) is 7.86. The van der Waals surface area contributed by atoms with Crippen molar-refractivity contribution in [2.24, 2.45) is 5.92 Å². The van der Waals surface area contributed by atoms with Crippen LogP contribution in [0.5, 0.6) is 5.75 Å². The van der Waals surface area contributed by atoms with Crippen LogP contribution in [0, 0.1) is 5.92 Å². The Labute approximate surface area is 201 Å². The van der Waals surface area contributed by atoms with Gasteiger partial charge in [-0.3, -0.25) is 4.79 Å². The fraction of sp³-hybridized carbons (Fsp3) is 0.423. The van der Waals surface area contributed by atoms with E-state index in [0.29, 0.717) is 25.9 Å². The fourth-order valence-electron chi connectivity index (χ4n) is 4.43. The normalized spacial score (nSPS) is 17.2. The number of carbonyl (C=O) groups is 1. The predicted octanol–water partition coefficient (Wildman–Crippen LogP) is 4.17. The number of piperidine rings is 1. The van der Waals surface area contributed by atoms with Crippen LogP contribution in [0.25, 0.3) is 10.9 Å². The Morgan fingerprint density at radius 2 is 1.91 bits per heavy atom. The standard InChI is InChI=1S/C26H33N3O4S/c1-4-28-15-13-21-16-24(11-12-25(21)28)34(31,32)29-14-5-6-22(18-29)26(30)27-17-20-7-9-23(10-8-20)33-19(2)3/h7-13,15-16,19,22H,4-6,14,17-18H2,1-3H3,(H,27,30)/t22-/m1/s1. The van der Waals surface area contributed by atoms with E-state index >= 15 is 0 Å². The van der Waals surface area contributed by atoms with E-state index in [4.69, 9.17) is 4.74 Å². The van der Waals surface area contributed by atoms with Gasteiger partial charge in [-0.1, -0.05) is 12.1 Å². The van der Waals surface area contributed by atoms with Crippen molar-refractivity contribution in [2.45, 2.75) is 57.7 Å². The van der Waals surface area contributed by atoms with Crippen molar-refractivity contribution >= 4 is 26.8 Å². The van der Waals surface area contributed by atoms with Gasteiger partial charge in [-0.25, -0.2) is 8.42 Å². The summed E-state index contributed by atoms with van der Waals surface area (Å²) in [4.78, 5) is 13.1. The van der Waals surface area contributed by atoms with Crippen LogP contribution in [0.1, 0.15) is 39.2 Å². The summed E-state index contributed by atoms with van der Waals surface area (Å²) in [7, 11) is -3.67. The topological polar surface area (TPSA) is 80.6 Å². The average Bonchev–Trinajstić information content (AvgIpc) is 3.25. The zero-order valence-electron chi connectivity index (χ0n) is 20.0. The number of aryl methyl sites for hydroxylation is 1. The summed E-state index contributed by atoms with van der Waals surface area (Å²) in [6, 6.07) is 14.8. The summed E-state index contributed by atoms with van der Waals surface area (Å²) in [5.74, 6) is 0.317. The molecular formula is C26H33N3O4S. The molecule has 3 aromatic rings. The van der Waals surface area contributed by atoms with Gasteiger partial charge in [0, 0.05) is 43.3 Å². The second-order valence-corrected chi connectivity index (χ2v) is 11.0. The third-order valence-electron chi connectivity index (χ3n) is 6.24. The molecule has 1 aliphatic rings. The third kappa shape index (κ3) is 5.28. The highest BCUT2D eigenvalue weighted by atomic mass is 32.2. The molecule has 0 spiro atoms. The monoisotopic (exact) mass is 483 g/mol. The molecule has 0 saturated carbocycles. The van der Waals surface area contributed by atoms with Gasteiger partial charge in [-0.15, -0.1) is 0 Å². The van der Waals surface area contributed by atoms with Gasteiger partial charge in [0.25, 0.3) is 0 Å². The number of nitrogens with zero attached hydrogens (tertiary/aromatic N) is 2. The number of nitrogens with one attached hydrogen (secondary N) is 1. The number of sulfonamides is 1. The molecule has 1 atom stereocenters. The Balaban J connectivity index is 1.39. The van der Waals surface area contributed by atoms with Crippen LogP contribution in [-0.2, 0) is 27.9 Å². The Hall–Kier alpha value is -2.84. The lowest BCUT2D eigenvalue weighted by atomic mass is 9.99. The summed E-state index contributed by atoms with van der Waals surface area (Å²) in [6.07, 6.45) is 3.41. The number of aromatic nitrogens is 1. The van der Waals surface area contributed by atoms with Crippen molar-refractivity contribution in [3.8, 4) is 5.75 Å². The maximum absolute atomic E-state index is 13.3. The van der Waals surface area contributed by atoms with Crippen molar-refractivity contribution in [3.63, 3.8) is 0 Å². The van der Waals surface area contributed by atoms with Crippen molar-refractivity contribution in [3.05, 3.63) is 60.3 Å². The molecule has 1 N–H and O–H groups in total. The number of rotatable bonds is 8. The molecule has 1 fully saturated rings. The molecule has 1 amide bonds. The minimum Gasteiger partial charge on any atom is -0.491 e. The maximum atomic E-state index is 13.3. The third-order valence-corrected chi connectivity index (χ3v) is 8.10. The van der Waals surface area contributed by atoms with E-state index in [1.54, 1.807) is 12.1 Å². The first-order chi connectivity index (χ1) is 16.3. The highest BCUT2D eigenvalue weighted by molar-refractivity contribution is 7.89. The van der Waals surface area contributed by atoms with E-state index in [2.05, 4.69) is 16.8 Å². The number of fused-ring (bicyclic) bond motifs is 1. The first-order valence-corrected chi connectivity index (χ1v) is 13.3. The molecule has 1 aromatic heterocycles. The SMILES string of the molecule is CCn1ccc2cc(S(=O)(=O)N3CCC[C@@H](C(=O)NCc4ccc(OC(C)C)cc4)C3)ccc21. The van der Waals surface area contributed by atoms with Gasteiger partial charge < -0.3 is 14.6 Å². The number of ether oxygens (including phenoxy) is 1. The fourth-order valence-corrected chi connectivity index (χ4v) is 5.99. The first kappa shape index (κ1) is 24.3. The smallest absolute Gasteiger partial charge is 0.243 e. The average molecular weight is 484 g/mol. The number of hydrogen-bond donors (Lipinski definition) is 1. The van der Waals surface area contributed by atoms with E-state index in [1.165, 1.54) is 4.31 Å². The van der Waals surface area contributed by atoms with E-state index in [-0.39, 0.29) is 29.4 Å². The van der Waals surface area contributed by atoms with E-state index in [1.807, 2.05) is 56.4 Å². The van der Waals surface area contributed by atoms with Crippen LogP contribution in [0.4, 0.5) is 0 Å². The molecule has 7 nitrogen and oxygen atoms in total. The van der Waals surface area contributed by atoms with Crippen LogP contribution < -0.4 is 10.1 Å². The van der Waals surface area contributed by atoms with Gasteiger partial charge in [0.15, 0.2) is 0 Å². The molecule has 8 heteroatoms. The van der Waals surface area contributed by atoms with Gasteiger partial charge in [0.1, 0.15) is 5.75 Å². The summed E-state index contributed by atoms with van der Waals surface area (Å²) in [5.41, 5.74) is 1.98. The summed E-state index contributed by atoms with van der Waals surface area (Å²) < 4.78 is 35.9. The van der Waals surface area contributed by atoms with Gasteiger partial charge in [-0.05, 0) is 75.6 Å². The predicted molar refractivity (Wildman–Crippen MR) is 133 cm³/mol. The van der Waals surface area contributed by atoms with Crippen LogP contribution in [0.3, 0.4) is 0 Å². The van der Waals surface area contributed by atoms with Gasteiger partial charge >= 0.3 is 0 Å². The molecule has 0 unspecified atom stereocenters. The highest BCUT2D eigenvalue weighted by Gasteiger charge is 2.33. The minimum atomic E-state index is -3.67. The lowest BCUT2D eigenvalue weighted by Gasteiger charge is -2.31. The number of hydrogen-bond acceptors (Lipinski definition) is 4. The Bertz CT molecular complexity index is 1250. The lowest BCUT2D eigenvalue weighted by molar-refractivity contribution is -0.126. The lowest BCUT2D eigenvalue weighted by Crippen LogP contribution is -2.45. The molecule has 4 rings (SSSR count). The second-order valence-electron chi connectivity index (χ2n) is 9.05. The van der Waals surface area contributed by atoms with Gasteiger partial charge in [-0.2, -0.15) is 4.31 Å². The molecule has 182 valence electrons. The van der Waals surface area contributed by atoms with Crippen LogP contribution in [0.2, 0.25) is 0 Å². The zero-order chi connectivity index (χ0) is 24.3. The molecule has 34 heavy (non-hydrogen) atoms. The van der Waals surface area contributed by atoms with Crippen molar-refractivity contribution < 1.29 is 17.9 Å². The highest BCUT2D eigenvalue weighted by Crippen LogP contribution is 2.27. The Morgan fingerprint density at radius 3 is 2.62 bits per heavy atom. The van der Waals surface area contributed by atoms with Crippen LogP contribution in [-0.4, -0.2) is 42.4 Å². The summed E-state index contributed by atoms with van der Waals surface area (Å²) in [5, 5.41) is 3.87. The number of carbonyl (C=O) groups excluding carboxylic acids is 1. The molecule has 1 saturated heterocycles. The van der Waals surface area contributed by atoms with Crippen LogP contribution >= 0.6 is 0 Å². The molecule has 2 aromatic carbocycles. The molecule has 0 radical (unpaired) electrons. The zero-order valence-corrected chi connectivity index (χ0v) is 20.8. The first-order valence-electron chi connectivity index (χ1n) is 11.9.